The molecule has 1 unspecified atom stereocenters. The van der Waals surface area contributed by atoms with Crippen LogP contribution in [-0.4, -0.2) is 35.6 Å². The molecule has 0 aliphatic rings. The largest absolute Gasteiger partial charge is 0.394 e. The van der Waals surface area contributed by atoms with Crippen molar-refractivity contribution in [1.82, 2.24) is 4.90 Å². The van der Waals surface area contributed by atoms with E-state index in [9.17, 15) is 4.79 Å². The van der Waals surface area contributed by atoms with E-state index in [0.29, 0.717) is 22.9 Å². The number of carbonyl (C=O) groups excluding carboxylic acids is 1. The van der Waals surface area contributed by atoms with Crippen LogP contribution in [-0.2, 0) is 11.2 Å². The molecule has 100 valence electrons. The predicted molar refractivity (Wildman–Crippen MR) is 74.1 cm³/mol. The first-order valence-corrected chi connectivity index (χ1v) is 6.51. The Morgan fingerprint density at radius 3 is 2.67 bits per heavy atom. The maximum Gasteiger partial charge on any atom is 0.222 e. The summed E-state index contributed by atoms with van der Waals surface area (Å²) in [7, 11) is 1.69. The van der Waals surface area contributed by atoms with Gasteiger partial charge in [-0.2, -0.15) is 0 Å². The number of nitrogens with zero attached hydrogens (tertiary/aromatic N) is 1. The van der Waals surface area contributed by atoms with Crippen LogP contribution in [0.1, 0.15) is 18.9 Å². The molecule has 0 aromatic heterocycles. The number of hydrogen-bond donors (Lipinski definition) is 1. The molecule has 0 heterocycles. The number of aliphatic hydroxyl groups is 1. The Balaban J connectivity index is 2.57. The highest BCUT2D eigenvalue weighted by atomic mass is 35.5. The van der Waals surface area contributed by atoms with Gasteiger partial charge in [-0.3, -0.25) is 4.79 Å². The smallest absolute Gasteiger partial charge is 0.222 e. The molecule has 0 saturated heterocycles. The second-order valence-electron chi connectivity index (χ2n) is 4.27. The average molecular weight is 290 g/mol. The number of amides is 1. The number of aliphatic hydroxyl groups excluding tert-OH is 1. The standard InChI is InChI=1S/C13H17Cl2NO2/c1-9(8-17)16(2)13(18)6-4-10-3-5-11(14)7-12(10)15/h3,5,7,9,17H,4,6,8H2,1-2H3. The van der Waals surface area contributed by atoms with Crippen LogP contribution < -0.4 is 0 Å². The molecule has 1 aromatic rings. The summed E-state index contributed by atoms with van der Waals surface area (Å²) in [6, 6.07) is 5.09. The molecule has 1 aromatic carbocycles. The lowest BCUT2D eigenvalue weighted by molar-refractivity contribution is -0.132. The third-order valence-electron chi connectivity index (χ3n) is 2.94. The lowest BCUT2D eigenvalue weighted by Gasteiger charge is -2.23. The van der Waals surface area contributed by atoms with E-state index in [1.165, 1.54) is 0 Å². The summed E-state index contributed by atoms with van der Waals surface area (Å²) >= 11 is 11.8. The van der Waals surface area contributed by atoms with Crippen molar-refractivity contribution in [2.45, 2.75) is 25.8 Å². The van der Waals surface area contributed by atoms with Crippen LogP contribution in [0.2, 0.25) is 10.0 Å². The number of rotatable bonds is 5. The molecular formula is C13H17Cl2NO2. The monoisotopic (exact) mass is 289 g/mol. The maximum atomic E-state index is 11.8. The average Bonchev–Trinajstić information content (AvgIpc) is 2.35. The third-order valence-corrected chi connectivity index (χ3v) is 3.53. The maximum absolute atomic E-state index is 11.8. The summed E-state index contributed by atoms with van der Waals surface area (Å²) < 4.78 is 0. The summed E-state index contributed by atoms with van der Waals surface area (Å²) in [4.78, 5) is 13.4. The quantitative estimate of drug-likeness (QED) is 0.906. The molecule has 18 heavy (non-hydrogen) atoms. The number of halogens is 2. The van der Waals surface area contributed by atoms with Gasteiger partial charge in [0.25, 0.3) is 0 Å². The fourth-order valence-electron chi connectivity index (χ4n) is 1.51. The van der Waals surface area contributed by atoms with Crippen molar-refractivity contribution >= 4 is 29.1 Å². The SMILES string of the molecule is CC(CO)N(C)C(=O)CCc1ccc(Cl)cc1Cl. The van der Waals surface area contributed by atoms with Crippen molar-refractivity contribution in [3.05, 3.63) is 33.8 Å². The predicted octanol–water partition coefficient (Wildman–Crippen LogP) is 2.77. The molecule has 0 spiro atoms. The molecule has 5 heteroatoms. The topological polar surface area (TPSA) is 40.5 Å². The summed E-state index contributed by atoms with van der Waals surface area (Å²) in [5.41, 5.74) is 0.902. The van der Waals surface area contributed by atoms with Gasteiger partial charge in [0.15, 0.2) is 0 Å². The number of carbonyl (C=O) groups is 1. The number of aryl methyl sites for hydroxylation is 1. The number of hydrogen-bond acceptors (Lipinski definition) is 2. The van der Waals surface area contributed by atoms with E-state index in [1.807, 2.05) is 6.07 Å². The normalized spacial score (nSPS) is 12.3. The van der Waals surface area contributed by atoms with Gasteiger partial charge in [-0.05, 0) is 31.0 Å². The molecule has 1 atom stereocenters. The molecule has 0 radical (unpaired) electrons. The van der Waals surface area contributed by atoms with E-state index in [0.717, 1.165) is 5.56 Å². The first-order valence-electron chi connectivity index (χ1n) is 5.76. The summed E-state index contributed by atoms with van der Waals surface area (Å²) in [6.45, 7) is 1.76. The molecule has 3 nitrogen and oxygen atoms in total. The Hall–Kier alpha value is -0.770. The van der Waals surface area contributed by atoms with E-state index in [1.54, 1.807) is 31.0 Å². The van der Waals surface area contributed by atoms with Gasteiger partial charge < -0.3 is 10.0 Å². The molecule has 0 aliphatic carbocycles. The minimum atomic E-state index is -0.168. The van der Waals surface area contributed by atoms with E-state index in [4.69, 9.17) is 28.3 Å². The summed E-state index contributed by atoms with van der Waals surface area (Å²) in [6.07, 6.45) is 0.930. The summed E-state index contributed by atoms with van der Waals surface area (Å²) in [5.74, 6) is -0.0115. The third kappa shape index (κ3) is 4.16. The lowest BCUT2D eigenvalue weighted by atomic mass is 10.1. The van der Waals surface area contributed by atoms with Crippen molar-refractivity contribution < 1.29 is 9.90 Å². The van der Waals surface area contributed by atoms with Gasteiger partial charge in [0, 0.05) is 23.5 Å². The molecule has 0 saturated carbocycles. The molecule has 1 rings (SSSR count). The minimum absolute atomic E-state index is 0.0115. The van der Waals surface area contributed by atoms with E-state index >= 15 is 0 Å². The Labute approximate surface area is 117 Å². The zero-order valence-electron chi connectivity index (χ0n) is 10.5. The van der Waals surface area contributed by atoms with Crippen LogP contribution in [0.3, 0.4) is 0 Å². The highest BCUT2D eigenvalue weighted by Gasteiger charge is 2.15. The van der Waals surface area contributed by atoms with Crippen LogP contribution in [0.5, 0.6) is 0 Å². The van der Waals surface area contributed by atoms with E-state index in [-0.39, 0.29) is 18.6 Å². The van der Waals surface area contributed by atoms with Gasteiger partial charge in [0.2, 0.25) is 5.91 Å². The fourth-order valence-corrected chi connectivity index (χ4v) is 2.01. The first kappa shape index (κ1) is 15.3. The molecule has 1 N–H and O–H groups in total. The van der Waals surface area contributed by atoms with Crippen LogP contribution in [0, 0.1) is 0 Å². The molecule has 0 fully saturated rings. The Kier molecular flexibility index (Phi) is 5.93. The van der Waals surface area contributed by atoms with E-state index < -0.39 is 0 Å². The van der Waals surface area contributed by atoms with Gasteiger partial charge in [-0.1, -0.05) is 29.3 Å². The fraction of sp³-hybridized carbons (Fsp3) is 0.462. The summed E-state index contributed by atoms with van der Waals surface area (Å²) in [5, 5.41) is 10.1. The minimum Gasteiger partial charge on any atom is -0.394 e. The Morgan fingerprint density at radius 1 is 1.44 bits per heavy atom. The Bertz CT molecular complexity index is 423. The van der Waals surface area contributed by atoms with Gasteiger partial charge in [0.1, 0.15) is 0 Å². The zero-order chi connectivity index (χ0) is 13.7. The van der Waals surface area contributed by atoms with Crippen molar-refractivity contribution in [2.24, 2.45) is 0 Å². The second-order valence-corrected chi connectivity index (χ2v) is 5.12. The number of benzene rings is 1. The van der Waals surface area contributed by atoms with E-state index in [2.05, 4.69) is 0 Å². The molecule has 0 aliphatic heterocycles. The van der Waals surface area contributed by atoms with Gasteiger partial charge in [-0.25, -0.2) is 0 Å². The highest BCUT2D eigenvalue weighted by molar-refractivity contribution is 6.35. The molecule has 1 amide bonds. The highest BCUT2D eigenvalue weighted by Crippen LogP contribution is 2.22. The van der Waals surface area contributed by atoms with Crippen molar-refractivity contribution in [3.8, 4) is 0 Å². The Morgan fingerprint density at radius 2 is 2.11 bits per heavy atom. The molecular weight excluding hydrogens is 273 g/mol. The van der Waals surface area contributed by atoms with Crippen LogP contribution in [0.25, 0.3) is 0 Å². The van der Waals surface area contributed by atoms with Crippen LogP contribution in [0.4, 0.5) is 0 Å². The van der Waals surface area contributed by atoms with Crippen molar-refractivity contribution in [2.75, 3.05) is 13.7 Å². The second kappa shape index (κ2) is 6.98. The van der Waals surface area contributed by atoms with Crippen LogP contribution in [0.15, 0.2) is 18.2 Å². The van der Waals surface area contributed by atoms with Gasteiger partial charge >= 0.3 is 0 Å². The lowest BCUT2D eigenvalue weighted by Crippen LogP contribution is -2.37. The van der Waals surface area contributed by atoms with Crippen molar-refractivity contribution in [1.29, 1.82) is 0 Å². The number of likely N-dealkylation sites (N-methyl/N-ethyl adjacent to an activating group) is 1. The van der Waals surface area contributed by atoms with Crippen molar-refractivity contribution in [3.63, 3.8) is 0 Å². The van der Waals surface area contributed by atoms with Crippen LogP contribution >= 0.6 is 23.2 Å². The zero-order valence-corrected chi connectivity index (χ0v) is 12.0. The van der Waals surface area contributed by atoms with Gasteiger partial charge in [-0.15, -0.1) is 0 Å². The van der Waals surface area contributed by atoms with Gasteiger partial charge in [0.05, 0.1) is 12.6 Å². The molecule has 0 bridgehead atoms. The first-order chi connectivity index (χ1) is 8.45.